The normalized spacial score (nSPS) is 13.4. The summed E-state index contributed by atoms with van der Waals surface area (Å²) in [5.74, 6) is -1.32. The SMILES string of the molecule is CNCC(=O)NC(C(=O)O)C(C)(C)C. The van der Waals surface area contributed by atoms with Crippen molar-refractivity contribution in [2.24, 2.45) is 5.41 Å². The number of aliphatic carboxylic acids is 1. The maximum Gasteiger partial charge on any atom is 0.326 e. The lowest BCUT2D eigenvalue weighted by Gasteiger charge is -2.27. The molecule has 0 aliphatic rings. The third kappa shape index (κ3) is 4.23. The first-order chi connectivity index (χ1) is 6.29. The molecule has 0 aliphatic heterocycles. The fourth-order valence-corrected chi connectivity index (χ4v) is 1.02. The van der Waals surface area contributed by atoms with E-state index in [9.17, 15) is 9.59 Å². The van der Waals surface area contributed by atoms with Crippen molar-refractivity contribution in [3.8, 4) is 0 Å². The average Bonchev–Trinajstić information content (AvgIpc) is 1.98. The monoisotopic (exact) mass is 202 g/mol. The van der Waals surface area contributed by atoms with Gasteiger partial charge in [0.25, 0.3) is 0 Å². The summed E-state index contributed by atoms with van der Waals surface area (Å²) in [6, 6.07) is -0.858. The number of likely N-dealkylation sites (N-methyl/N-ethyl adjacent to an activating group) is 1. The van der Waals surface area contributed by atoms with E-state index in [2.05, 4.69) is 10.6 Å². The highest BCUT2D eigenvalue weighted by atomic mass is 16.4. The van der Waals surface area contributed by atoms with Crippen LogP contribution < -0.4 is 10.6 Å². The topological polar surface area (TPSA) is 78.4 Å². The number of hydrogen-bond donors (Lipinski definition) is 3. The second kappa shape index (κ2) is 4.95. The molecule has 5 nitrogen and oxygen atoms in total. The van der Waals surface area contributed by atoms with Gasteiger partial charge in [-0.15, -0.1) is 0 Å². The van der Waals surface area contributed by atoms with E-state index in [1.165, 1.54) is 0 Å². The number of rotatable bonds is 4. The van der Waals surface area contributed by atoms with Gasteiger partial charge in [0.05, 0.1) is 6.54 Å². The summed E-state index contributed by atoms with van der Waals surface area (Å²) in [6.45, 7) is 5.43. The van der Waals surface area contributed by atoms with Crippen LogP contribution in [-0.4, -0.2) is 36.6 Å². The largest absolute Gasteiger partial charge is 0.480 e. The Hall–Kier alpha value is -1.10. The standard InChI is InChI=1S/C9H18N2O3/c1-9(2,3)7(8(13)14)11-6(12)5-10-4/h7,10H,5H2,1-4H3,(H,11,12)(H,13,14). The number of carboxylic acid groups (broad SMARTS) is 1. The predicted molar refractivity (Wildman–Crippen MR) is 52.9 cm³/mol. The van der Waals surface area contributed by atoms with Crippen molar-refractivity contribution in [1.29, 1.82) is 0 Å². The molecule has 0 radical (unpaired) electrons. The summed E-state index contributed by atoms with van der Waals surface area (Å²) >= 11 is 0. The van der Waals surface area contributed by atoms with Crippen LogP contribution in [0.5, 0.6) is 0 Å². The van der Waals surface area contributed by atoms with Crippen molar-refractivity contribution in [3.63, 3.8) is 0 Å². The molecule has 1 unspecified atom stereocenters. The highest BCUT2D eigenvalue weighted by Gasteiger charge is 2.32. The summed E-state index contributed by atoms with van der Waals surface area (Å²) < 4.78 is 0. The second-order valence-corrected chi connectivity index (χ2v) is 4.24. The minimum atomic E-state index is -1.01. The van der Waals surface area contributed by atoms with Crippen LogP contribution in [0.15, 0.2) is 0 Å². The fraction of sp³-hybridized carbons (Fsp3) is 0.778. The van der Waals surface area contributed by atoms with Gasteiger partial charge in [-0.2, -0.15) is 0 Å². The van der Waals surface area contributed by atoms with Crippen molar-refractivity contribution in [1.82, 2.24) is 10.6 Å². The molecular formula is C9H18N2O3. The average molecular weight is 202 g/mol. The number of carbonyl (C=O) groups is 2. The molecule has 0 aliphatic carbocycles. The van der Waals surface area contributed by atoms with Gasteiger partial charge in [0, 0.05) is 0 Å². The zero-order valence-electron chi connectivity index (χ0n) is 9.05. The number of carboxylic acids is 1. The fourth-order valence-electron chi connectivity index (χ4n) is 1.02. The summed E-state index contributed by atoms with van der Waals surface area (Å²) in [6.07, 6.45) is 0. The molecule has 82 valence electrons. The van der Waals surface area contributed by atoms with Crippen LogP contribution in [0.4, 0.5) is 0 Å². The highest BCUT2D eigenvalue weighted by molar-refractivity contribution is 5.85. The Bertz CT molecular complexity index is 221. The Morgan fingerprint density at radius 1 is 1.36 bits per heavy atom. The van der Waals surface area contributed by atoms with E-state index in [1.807, 2.05) is 0 Å². The third-order valence-electron chi connectivity index (χ3n) is 1.76. The molecule has 0 spiro atoms. The first-order valence-corrected chi connectivity index (χ1v) is 4.45. The quantitative estimate of drug-likeness (QED) is 0.591. The smallest absolute Gasteiger partial charge is 0.326 e. The van der Waals surface area contributed by atoms with Crippen LogP contribution in [0.1, 0.15) is 20.8 Å². The van der Waals surface area contributed by atoms with Gasteiger partial charge in [-0.05, 0) is 12.5 Å². The zero-order valence-corrected chi connectivity index (χ0v) is 9.05. The minimum Gasteiger partial charge on any atom is -0.480 e. The van der Waals surface area contributed by atoms with Crippen LogP contribution in [0.2, 0.25) is 0 Å². The van der Waals surface area contributed by atoms with E-state index >= 15 is 0 Å². The van der Waals surface area contributed by atoms with Crippen molar-refractivity contribution in [2.75, 3.05) is 13.6 Å². The number of nitrogens with one attached hydrogen (secondary N) is 2. The zero-order chi connectivity index (χ0) is 11.4. The highest BCUT2D eigenvalue weighted by Crippen LogP contribution is 2.19. The summed E-state index contributed by atoms with van der Waals surface area (Å²) in [5.41, 5.74) is -0.491. The molecule has 0 bridgehead atoms. The number of hydrogen-bond acceptors (Lipinski definition) is 3. The van der Waals surface area contributed by atoms with E-state index < -0.39 is 17.4 Å². The van der Waals surface area contributed by atoms with Crippen LogP contribution in [0, 0.1) is 5.41 Å². The molecule has 0 aromatic rings. The van der Waals surface area contributed by atoms with Gasteiger partial charge in [0.15, 0.2) is 0 Å². The molecule has 0 aromatic carbocycles. The summed E-state index contributed by atoms with van der Waals surface area (Å²) in [4.78, 5) is 22.0. The van der Waals surface area contributed by atoms with E-state index in [4.69, 9.17) is 5.11 Å². The van der Waals surface area contributed by atoms with Crippen LogP contribution in [-0.2, 0) is 9.59 Å². The molecule has 0 heterocycles. The molecule has 0 saturated heterocycles. The van der Waals surface area contributed by atoms with Gasteiger partial charge in [0.2, 0.25) is 5.91 Å². The molecule has 1 amide bonds. The van der Waals surface area contributed by atoms with Crippen molar-refractivity contribution < 1.29 is 14.7 Å². The maximum absolute atomic E-state index is 11.2. The van der Waals surface area contributed by atoms with Gasteiger partial charge in [0.1, 0.15) is 6.04 Å². The van der Waals surface area contributed by atoms with Gasteiger partial charge in [-0.3, -0.25) is 4.79 Å². The number of carbonyl (C=O) groups excluding carboxylic acids is 1. The third-order valence-corrected chi connectivity index (χ3v) is 1.76. The lowest BCUT2D eigenvalue weighted by atomic mass is 9.87. The van der Waals surface area contributed by atoms with Crippen molar-refractivity contribution in [2.45, 2.75) is 26.8 Å². The van der Waals surface area contributed by atoms with Gasteiger partial charge in [-0.1, -0.05) is 20.8 Å². The van der Waals surface area contributed by atoms with Gasteiger partial charge in [-0.25, -0.2) is 4.79 Å². The molecule has 0 aromatic heterocycles. The Morgan fingerprint density at radius 3 is 2.14 bits per heavy atom. The Kier molecular flexibility index (Phi) is 4.56. The van der Waals surface area contributed by atoms with E-state index in [1.54, 1.807) is 27.8 Å². The van der Waals surface area contributed by atoms with Crippen LogP contribution in [0.25, 0.3) is 0 Å². The summed E-state index contributed by atoms with van der Waals surface area (Å²) in [7, 11) is 1.63. The molecule has 0 rings (SSSR count). The molecule has 3 N–H and O–H groups in total. The second-order valence-electron chi connectivity index (χ2n) is 4.24. The molecular weight excluding hydrogens is 184 g/mol. The molecule has 1 atom stereocenters. The molecule has 5 heteroatoms. The lowest BCUT2D eigenvalue weighted by molar-refractivity contribution is -0.144. The molecule has 14 heavy (non-hydrogen) atoms. The van der Waals surface area contributed by atoms with Gasteiger partial charge >= 0.3 is 5.97 Å². The van der Waals surface area contributed by atoms with Crippen LogP contribution >= 0.6 is 0 Å². The first kappa shape index (κ1) is 12.9. The summed E-state index contributed by atoms with van der Waals surface area (Å²) in [5, 5.41) is 14.0. The molecule has 0 fully saturated rings. The number of amides is 1. The Morgan fingerprint density at radius 2 is 1.86 bits per heavy atom. The lowest BCUT2D eigenvalue weighted by Crippen LogP contribution is -2.50. The van der Waals surface area contributed by atoms with Crippen molar-refractivity contribution in [3.05, 3.63) is 0 Å². The van der Waals surface area contributed by atoms with E-state index in [0.717, 1.165) is 0 Å². The Labute approximate surface area is 83.9 Å². The minimum absolute atomic E-state index is 0.125. The van der Waals surface area contributed by atoms with E-state index in [-0.39, 0.29) is 12.5 Å². The van der Waals surface area contributed by atoms with E-state index in [0.29, 0.717) is 0 Å². The predicted octanol–water partition coefficient (Wildman–Crippen LogP) is -0.179. The van der Waals surface area contributed by atoms with Gasteiger partial charge < -0.3 is 15.7 Å². The first-order valence-electron chi connectivity index (χ1n) is 4.45. The van der Waals surface area contributed by atoms with Crippen molar-refractivity contribution >= 4 is 11.9 Å². The van der Waals surface area contributed by atoms with Crippen LogP contribution in [0.3, 0.4) is 0 Å². The molecule has 0 saturated carbocycles. The Balaban J connectivity index is 4.40. The maximum atomic E-state index is 11.2.